The molecule has 2 unspecified atom stereocenters. The second-order valence-corrected chi connectivity index (χ2v) is 7.97. The molecule has 7 heteroatoms. The first kappa shape index (κ1) is 21.9. The highest BCUT2D eigenvalue weighted by molar-refractivity contribution is 6.08. The van der Waals surface area contributed by atoms with Gasteiger partial charge in [0.05, 0.1) is 13.2 Å². The van der Waals surface area contributed by atoms with Crippen LogP contribution in [-0.2, 0) is 27.3 Å². The molecule has 0 aromatic heterocycles. The molecule has 0 aliphatic carbocycles. The molecule has 7 nitrogen and oxygen atoms in total. The standard InChI is InChI=1S/C25H29N3O4/c1-3-15-32-20-11-9-18(10-12-20)22-21(24(30)31-4-2)23(29)27-25(26-22)28-14-13-17-7-5-6-8-19(17)16-28/h5-12,21-22H,3-4,13-16H2,1-2H3,(H,26,27,29). The summed E-state index contributed by atoms with van der Waals surface area (Å²) < 4.78 is 10.9. The van der Waals surface area contributed by atoms with Crippen molar-refractivity contribution in [1.82, 2.24) is 10.2 Å². The molecule has 1 N–H and O–H groups in total. The van der Waals surface area contributed by atoms with Crippen LogP contribution < -0.4 is 10.1 Å². The first-order chi connectivity index (χ1) is 15.6. The van der Waals surface area contributed by atoms with E-state index in [1.165, 1.54) is 11.1 Å². The average molecular weight is 436 g/mol. The van der Waals surface area contributed by atoms with Crippen LogP contribution in [0.5, 0.6) is 5.75 Å². The molecular weight excluding hydrogens is 406 g/mol. The number of rotatable bonds is 6. The second-order valence-electron chi connectivity index (χ2n) is 7.97. The van der Waals surface area contributed by atoms with Crippen molar-refractivity contribution in [1.29, 1.82) is 0 Å². The topological polar surface area (TPSA) is 80.2 Å². The number of hydrogen-bond donors (Lipinski definition) is 1. The van der Waals surface area contributed by atoms with Gasteiger partial charge >= 0.3 is 5.97 Å². The van der Waals surface area contributed by atoms with E-state index in [0.29, 0.717) is 19.1 Å². The van der Waals surface area contributed by atoms with Crippen molar-refractivity contribution < 1.29 is 19.1 Å². The summed E-state index contributed by atoms with van der Waals surface area (Å²) in [6.07, 6.45) is 1.79. The number of carbonyl (C=O) groups is 2. The highest BCUT2D eigenvalue weighted by atomic mass is 16.5. The summed E-state index contributed by atoms with van der Waals surface area (Å²) in [5.41, 5.74) is 3.31. The van der Waals surface area contributed by atoms with E-state index < -0.39 is 17.9 Å². The maximum atomic E-state index is 13.1. The number of nitrogens with zero attached hydrogens (tertiary/aromatic N) is 2. The molecule has 4 rings (SSSR count). The lowest BCUT2D eigenvalue weighted by Crippen LogP contribution is -2.53. The first-order valence-corrected chi connectivity index (χ1v) is 11.2. The number of esters is 1. The van der Waals surface area contributed by atoms with Gasteiger partial charge in [0, 0.05) is 13.1 Å². The predicted octanol–water partition coefficient (Wildman–Crippen LogP) is 3.24. The molecule has 0 radical (unpaired) electrons. The third kappa shape index (κ3) is 4.61. The molecule has 0 spiro atoms. The molecule has 2 aliphatic heterocycles. The third-order valence-electron chi connectivity index (χ3n) is 5.76. The van der Waals surface area contributed by atoms with Gasteiger partial charge in [0.25, 0.3) is 0 Å². The van der Waals surface area contributed by atoms with E-state index in [0.717, 1.165) is 30.7 Å². The summed E-state index contributed by atoms with van der Waals surface area (Å²) in [6.45, 7) is 6.03. The van der Waals surface area contributed by atoms with Crippen molar-refractivity contribution in [3.63, 3.8) is 0 Å². The Hall–Kier alpha value is -3.35. The fraction of sp³-hybridized carbons (Fsp3) is 0.400. The van der Waals surface area contributed by atoms with Crippen LogP contribution in [0.2, 0.25) is 0 Å². The van der Waals surface area contributed by atoms with E-state index in [-0.39, 0.29) is 12.5 Å². The number of carbonyl (C=O) groups excluding carboxylic acids is 2. The van der Waals surface area contributed by atoms with E-state index >= 15 is 0 Å². The summed E-state index contributed by atoms with van der Waals surface area (Å²) in [4.78, 5) is 32.6. The molecule has 32 heavy (non-hydrogen) atoms. The summed E-state index contributed by atoms with van der Waals surface area (Å²) in [5.74, 6) is -0.725. The minimum absolute atomic E-state index is 0.207. The van der Waals surface area contributed by atoms with Gasteiger partial charge in [-0.25, -0.2) is 4.99 Å². The molecule has 2 heterocycles. The molecule has 1 amide bonds. The molecule has 2 aromatic carbocycles. The van der Waals surface area contributed by atoms with Crippen LogP contribution in [-0.4, -0.2) is 42.5 Å². The summed E-state index contributed by atoms with van der Waals surface area (Å²) >= 11 is 0. The lowest BCUT2D eigenvalue weighted by Gasteiger charge is -2.36. The Morgan fingerprint density at radius 3 is 2.59 bits per heavy atom. The molecule has 0 saturated carbocycles. The largest absolute Gasteiger partial charge is 0.494 e. The summed E-state index contributed by atoms with van der Waals surface area (Å²) in [6, 6.07) is 15.1. The van der Waals surface area contributed by atoms with Crippen LogP contribution in [0.3, 0.4) is 0 Å². The van der Waals surface area contributed by atoms with Crippen LogP contribution in [0.15, 0.2) is 53.5 Å². The summed E-state index contributed by atoms with van der Waals surface area (Å²) in [5, 5.41) is 2.86. The van der Waals surface area contributed by atoms with Crippen molar-refractivity contribution in [3.8, 4) is 5.75 Å². The minimum atomic E-state index is -1.03. The van der Waals surface area contributed by atoms with Gasteiger partial charge in [-0.1, -0.05) is 43.3 Å². The molecule has 2 atom stereocenters. The van der Waals surface area contributed by atoms with Gasteiger partial charge < -0.3 is 14.4 Å². The fourth-order valence-electron chi connectivity index (χ4n) is 4.12. The predicted molar refractivity (Wildman–Crippen MR) is 121 cm³/mol. The fourth-order valence-corrected chi connectivity index (χ4v) is 4.12. The first-order valence-electron chi connectivity index (χ1n) is 11.2. The third-order valence-corrected chi connectivity index (χ3v) is 5.76. The number of amides is 1. The normalized spacial score (nSPS) is 20.1. The van der Waals surface area contributed by atoms with Crippen LogP contribution in [0.25, 0.3) is 0 Å². The van der Waals surface area contributed by atoms with Gasteiger partial charge in [-0.3, -0.25) is 14.9 Å². The van der Waals surface area contributed by atoms with Crippen molar-refractivity contribution >= 4 is 17.8 Å². The quantitative estimate of drug-likeness (QED) is 0.557. The van der Waals surface area contributed by atoms with Crippen LogP contribution >= 0.6 is 0 Å². The lowest BCUT2D eigenvalue weighted by atomic mass is 9.91. The minimum Gasteiger partial charge on any atom is -0.494 e. The number of nitrogens with one attached hydrogen (secondary N) is 1. The lowest BCUT2D eigenvalue weighted by molar-refractivity contribution is -0.153. The van der Waals surface area contributed by atoms with Gasteiger partial charge in [0.15, 0.2) is 5.92 Å². The zero-order valence-electron chi connectivity index (χ0n) is 18.5. The Kier molecular flexibility index (Phi) is 6.73. The molecular formula is C25H29N3O4. The second kappa shape index (κ2) is 9.85. The zero-order chi connectivity index (χ0) is 22.5. The number of fused-ring (bicyclic) bond motifs is 1. The number of guanidine groups is 1. The number of ether oxygens (including phenoxy) is 2. The van der Waals surface area contributed by atoms with Crippen molar-refractivity contribution in [3.05, 3.63) is 65.2 Å². The Morgan fingerprint density at radius 2 is 1.88 bits per heavy atom. The van der Waals surface area contributed by atoms with Gasteiger partial charge in [-0.15, -0.1) is 0 Å². The highest BCUT2D eigenvalue weighted by Crippen LogP contribution is 2.32. The molecule has 168 valence electrons. The number of benzene rings is 2. The maximum absolute atomic E-state index is 13.1. The SMILES string of the molecule is CCCOc1ccc(C2N=C(N3CCc4ccccc4C3)NC(=O)C2C(=O)OCC)cc1. The van der Waals surface area contributed by atoms with Gasteiger partial charge in [0.2, 0.25) is 11.9 Å². The van der Waals surface area contributed by atoms with Gasteiger partial charge in [0.1, 0.15) is 11.8 Å². The Morgan fingerprint density at radius 1 is 1.12 bits per heavy atom. The Labute approximate surface area is 188 Å². The van der Waals surface area contributed by atoms with Crippen molar-refractivity contribution in [2.75, 3.05) is 19.8 Å². The number of aliphatic imine (C=N–C) groups is 1. The Bertz CT molecular complexity index is 1000. The molecule has 0 bridgehead atoms. The van der Waals surface area contributed by atoms with E-state index in [1.54, 1.807) is 6.92 Å². The maximum Gasteiger partial charge on any atom is 0.321 e. The van der Waals surface area contributed by atoms with Crippen LogP contribution in [0, 0.1) is 5.92 Å². The van der Waals surface area contributed by atoms with Crippen molar-refractivity contribution in [2.45, 2.75) is 39.3 Å². The molecule has 0 saturated heterocycles. The zero-order valence-corrected chi connectivity index (χ0v) is 18.5. The molecule has 2 aliphatic rings. The molecule has 2 aromatic rings. The van der Waals surface area contributed by atoms with E-state index in [4.69, 9.17) is 14.5 Å². The van der Waals surface area contributed by atoms with Gasteiger partial charge in [-0.2, -0.15) is 0 Å². The van der Waals surface area contributed by atoms with E-state index in [9.17, 15) is 9.59 Å². The van der Waals surface area contributed by atoms with E-state index in [2.05, 4.69) is 22.3 Å². The average Bonchev–Trinajstić information content (AvgIpc) is 2.82. The van der Waals surface area contributed by atoms with E-state index in [1.807, 2.05) is 43.3 Å². The smallest absolute Gasteiger partial charge is 0.321 e. The summed E-state index contributed by atoms with van der Waals surface area (Å²) in [7, 11) is 0. The highest BCUT2D eigenvalue weighted by Gasteiger charge is 2.42. The van der Waals surface area contributed by atoms with Crippen LogP contribution in [0.4, 0.5) is 0 Å². The number of hydrogen-bond acceptors (Lipinski definition) is 6. The molecule has 0 fully saturated rings. The van der Waals surface area contributed by atoms with Gasteiger partial charge in [-0.05, 0) is 48.6 Å². The van der Waals surface area contributed by atoms with Crippen LogP contribution in [0.1, 0.15) is 43.0 Å². The van der Waals surface area contributed by atoms with Crippen molar-refractivity contribution in [2.24, 2.45) is 10.9 Å². The Balaban J connectivity index is 1.64. The monoisotopic (exact) mass is 435 g/mol.